The zero-order chi connectivity index (χ0) is 14.3. The molecule has 0 aliphatic rings. The molecule has 0 radical (unpaired) electrons. The first-order valence-corrected chi connectivity index (χ1v) is 5.93. The number of halogens is 3. The monoisotopic (exact) mass is 293 g/mol. The molecule has 0 bridgehead atoms. The summed E-state index contributed by atoms with van der Waals surface area (Å²) in [7, 11) is 0. The van der Waals surface area contributed by atoms with Crippen LogP contribution in [-0.4, -0.2) is 15.0 Å². The highest BCUT2D eigenvalue weighted by atomic mass is 35.5. The average molecular weight is 294 g/mol. The summed E-state index contributed by atoms with van der Waals surface area (Å²) >= 11 is 5.72. The Balaban J connectivity index is 2.26. The lowest BCUT2D eigenvalue weighted by Crippen LogP contribution is -2.10. The molecule has 0 aliphatic carbocycles. The Labute approximate surface area is 116 Å². The van der Waals surface area contributed by atoms with Gasteiger partial charge < -0.3 is 4.98 Å². The molecule has 7 heteroatoms. The Kier molecular flexibility index (Phi) is 2.94. The normalized spacial score (nSPS) is 10.9. The second-order valence-corrected chi connectivity index (χ2v) is 4.50. The van der Waals surface area contributed by atoms with Crippen LogP contribution in [0.3, 0.4) is 0 Å². The van der Waals surface area contributed by atoms with E-state index in [9.17, 15) is 13.6 Å². The van der Waals surface area contributed by atoms with Gasteiger partial charge >= 0.3 is 0 Å². The van der Waals surface area contributed by atoms with Gasteiger partial charge in [0, 0.05) is 12.3 Å². The summed E-state index contributed by atoms with van der Waals surface area (Å²) in [6.07, 6.45) is 1.40. The Hall–Kier alpha value is -2.34. The summed E-state index contributed by atoms with van der Waals surface area (Å²) in [4.78, 5) is 22.4. The number of aromatic nitrogens is 3. The molecule has 0 spiro atoms. The molecular weight excluding hydrogens is 288 g/mol. The van der Waals surface area contributed by atoms with Gasteiger partial charge in [-0.15, -0.1) is 0 Å². The van der Waals surface area contributed by atoms with Crippen molar-refractivity contribution in [2.45, 2.75) is 0 Å². The molecule has 3 aromatic rings. The van der Waals surface area contributed by atoms with Gasteiger partial charge in [0.05, 0.1) is 15.9 Å². The molecule has 2 heterocycles. The quantitative estimate of drug-likeness (QED) is 0.750. The minimum absolute atomic E-state index is 0.0263. The number of aromatic amines is 1. The van der Waals surface area contributed by atoms with Gasteiger partial charge in [0.2, 0.25) is 0 Å². The molecule has 100 valence electrons. The Bertz CT molecular complexity index is 862. The zero-order valence-corrected chi connectivity index (χ0v) is 10.6. The Morgan fingerprint density at radius 2 is 1.90 bits per heavy atom. The van der Waals surface area contributed by atoms with Gasteiger partial charge in [-0.2, -0.15) is 0 Å². The number of fused-ring (bicyclic) bond motifs is 1. The van der Waals surface area contributed by atoms with Crippen molar-refractivity contribution in [2.24, 2.45) is 0 Å². The van der Waals surface area contributed by atoms with Gasteiger partial charge in [-0.3, -0.25) is 9.78 Å². The third-order valence-corrected chi connectivity index (χ3v) is 2.94. The van der Waals surface area contributed by atoms with E-state index in [4.69, 9.17) is 11.6 Å². The predicted octanol–water partition coefficient (Wildman–Crippen LogP) is 2.92. The lowest BCUT2D eigenvalue weighted by molar-refractivity contribution is 0.510. The summed E-state index contributed by atoms with van der Waals surface area (Å²) < 4.78 is 26.3. The Morgan fingerprint density at radius 3 is 2.60 bits per heavy atom. The zero-order valence-electron chi connectivity index (χ0n) is 9.82. The minimum atomic E-state index is -1.10. The fourth-order valence-electron chi connectivity index (χ4n) is 1.77. The van der Waals surface area contributed by atoms with Crippen molar-refractivity contribution in [1.29, 1.82) is 0 Å². The fourth-order valence-corrected chi connectivity index (χ4v) is 1.88. The van der Waals surface area contributed by atoms with E-state index in [0.29, 0.717) is 10.7 Å². The summed E-state index contributed by atoms with van der Waals surface area (Å²) in [6.45, 7) is 0. The van der Waals surface area contributed by atoms with Crippen LogP contribution in [-0.2, 0) is 0 Å². The smallest absolute Gasteiger partial charge is 0.259 e. The highest BCUT2D eigenvalue weighted by Gasteiger charge is 2.11. The van der Waals surface area contributed by atoms with Gasteiger partial charge in [0.15, 0.2) is 17.5 Å². The molecule has 0 unspecified atom stereocenters. The molecular formula is C13H6ClF2N3O. The van der Waals surface area contributed by atoms with Crippen molar-refractivity contribution in [3.05, 3.63) is 57.5 Å². The average Bonchev–Trinajstić information content (AvgIpc) is 2.42. The molecule has 0 fully saturated rings. The van der Waals surface area contributed by atoms with Crippen LogP contribution in [0.4, 0.5) is 8.78 Å². The van der Waals surface area contributed by atoms with Crippen LogP contribution in [0.25, 0.3) is 22.4 Å². The summed E-state index contributed by atoms with van der Waals surface area (Å²) in [6, 6.07) is 4.83. The van der Waals surface area contributed by atoms with Crippen LogP contribution in [0, 0.1) is 11.6 Å². The Morgan fingerprint density at radius 1 is 1.15 bits per heavy atom. The lowest BCUT2D eigenvalue weighted by Gasteiger charge is -2.03. The second-order valence-electron chi connectivity index (χ2n) is 4.06. The van der Waals surface area contributed by atoms with Crippen molar-refractivity contribution in [2.75, 3.05) is 0 Å². The highest BCUT2D eigenvalue weighted by Crippen LogP contribution is 2.18. The van der Waals surface area contributed by atoms with E-state index in [-0.39, 0.29) is 16.7 Å². The fraction of sp³-hybridized carbons (Fsp3) is 0. The van der Waals surface area contributed by atoms with E-state index in [1.165, 1.54) is 6.20 Å². The van der Waals surface area contributed by atoms with Gasteiger partial charge in [0.1, 0.15) is 5.69 Å². The van der Waals surface area contributed by atoms with Crippen molar-refractivity contribution in [1.82, 2.24) is 15.0 Å². The van der Waals surface area contributed by atoms with E-state index < -0.39 is 17.2 Å². The highest BCUT2D eigenvalue weighted by molar-refractivity contribution is 6.30. The van der Waals surface area contributed by atoms with Gasteiger partial charge in [0.25, 0.3) is 5.56 Å². The molecule has 0 saturated heterocycles. The number of nitrogens with one attached hydrogen (secondary N) is 1. The van der Waals surface area contributed by atoms with Crippen LogP contribution in [0.15, 0.2) is 35.3 Å². The van der Waals surface area contributed by atoms with E-state index in [1.54, 1.807) is 12.1 Å². The number of pyridine rings is 1. The topological polar surface area (TPSA) is 58.6 Å². The standard InChI is InChI=1S/C13H6ClF2N3O/c14-6-1-2-10(17-5-6)12-18-11-4-9(16)8(15)3-7(11)13(20)19-12/h1-5H,(H,18,19,20). The lowest BCUT2D eigenvalue weighted by atomic mass is 10.2. The van der Waals surface area contributed by atoms with E-state index in [1.807, 2.05) is 0 Å². The SMILES string of the molecule is O=c1[nH]c(-c2ccc(Cl)cn2)nc2cc(F)c(F)cc12. The van der Waals surface area contributed by atoms with E-state index in [2.05, 4.69) is 15.0 Å². The first-order valence-electron chi connectivity index (χ1n) is 5.55. The summed E-state index contributed by atoms with van der Waals surface area (Å²) in [5.74, 6) is -2.00. The second kappa shape index (κ2) is 4.64. The van der Waals surface area contributed by atoms with Crippen molar-refractivity contribution in [3.8, 4) is 11.5 Å². The maximum absolute atomic E-state index is 13.2. The summed E-state index contributed by atoms with van der Waals surface area (Å²) in [5.41, 5.74) is -0.141. The van der Waals surface area contributed by atoms with E-state index in [0.717, 1.165) is 12.1 Å². The summed E-state index contributed by atoms with van der Waals surface area (Å²) in [5, 5.41) is 0.409. The van der Waals surface area contributed by atoms with Crippen LogP contribution >= 0.6 is 11.6 Å². The molecule has 0 amide bonds. The van der Waals surface area contributed by atoms with Crippen molar-refractivity contribution < 1.29 is 8.78 Å². The third-order valence-electron chi connectivity index (χ3n) is 2.72. The number of rotatable bonds is 1. The molecule has 1 aromatic carbocycles. The number of nitrogens with zero attached hydrogens (tertiary/aromatic N) is 2. The van der Waals surface area contributed by atoms with E-state index >= 15 is 0 Å². The number of H-pyrrole nitrogens is 1. The largest absolute Gasteiger partial charge is 0.305 e. The molecule has 0 aliphatic heterocycles. The van der Waals surface area contributed by atoms with Crippen LogP contribution in [0.5, 0.6) is 0 Å². The molecule has 2 aromatic heterocycles. The van der Waals surface area contributed by atoms with Crippen LogP contribution in [0.2, 0.25) is 5.02 Å². The van der Waals surface area contributed by atoms with Gasteiger partial charge in [-0.25, -0.2) is 13.8 Å². The van der Waals surface area contributed by atoms with Crippen LogP contribution < -0.4 is 5.56 Å². The third kappa shape index (κ3) is 2.14. The maximum Gasteiger partial charge on any atom is 0.259 e. The predicted molar refractivity (Wildman–Crippen MR) is 70.5 cm³/mol. The molecule has 0 saturated carbocycles. The van der Waals surface area contributed by atoms with Gasteiger partial charge in [-0.05, 0) is 18.2 Å². The molecule has 0 atom stereocenters. The molecule has 3 rings (SSSR count). The molecule has 1 N–H and O–H groups in total. The first kappa shape index (κ1) is 12.7. The van der Waals surface area contributed by atoms with Gasteiger partial charge in [-0.1, -0.05) is 11.6 Å². The van der Waals surface area contributed by atoms with Crippen molar-refractivity contribution in [3.63, 3.8) is 0 Å². The number of hydrogen-bond acceptors (Lipinski definition) is 3. The number of benzene rings is 1. The molecule has 4 nitrogen and oxygen atoms in total. The maximum atomic E-state index is 13.2. The van der Waals surface area contributed by atoms with Crippen LogP contribution in [0.1, 0.15) is 0 Å². The van der Waals surface area contributed by atoms with Crippen molar-refractivity contribution >= 4 is 22.5 Å². The number of hydrogen-bond donors (Lipinski definition) is 1. The molecule has 20 heavy (non-hydrogen) atoms. The minimum Gasteiger partial charge on any atom is -0.305 e. The first-order chi connectivity index (χ1) is 9.54.